The number of ether oxygens (including phenoxy) is 2. The Morgan fingerprint density at radius 3 is 2.48 bits per heavy atom. The van der Waals surface area contributed by atoms with Crippen LogP contribution in [0.1, 0.15) is 16.1 Å². The van der Waals surface area contributed by atoms with Crippen LogP contribution in [0.15, 0.2) is 53.9 Å². The first-order valence-electron chi connectivity index (χ1n) is 7.74. The molecule has 0 spiro atoms. The summed E-state index contributed by atoms with van der Waals surface area (Å²) in [5, 5.41) is 11.1. The monoisotopic (exact) mass is 355 g/mol. The summed E-state index contributed by atoms with van der Waals surface area (Å²) in [6.07, 6.45) is 0. The van der Waals surface area contributed by atoms with Crippen LogP contribution in [0.3, 0.4) is 0 Å². The summed E-state index contributed by atoms with van der Waals surface area (Å²) < 4.78 is 11.4. The van der Waals surface area contributed by atoms with Crippen molar-refractivity contribution in [3.8, 4) is 22.1 Å². The standard InChI is InChI=1S/C19H17NO4S/c1-13-4-2-3-5-17(13)24-11-10-23-15-8-6-14(7-9-15)18-20-16(12-25-18)19(21)22/h2-9,12H,10-11H2,1H3,(H,21,22). The Balaban J connectivity index is 1.52. The van der Waals surface area contributed by atoms with Crippen molar-refractivity contribution in [3.05, 3.63) is 65.2 Å². The fraction of sp³-hybridized carbons (Fsp3) is 0.158. The van der Waals surface area contributed by atoms with E-state index in [0.717, 1.165) is 22.6 Å². The van der Waals surface area contributed by atoms with E-state index in [-0.39, 0.29) is 5.69 Å². The van der Waals surface area contributed by atoms with Gasteiger partial charge in [-0.2, -0.15) is 0 Å². The highest BCUT2D eigenvalue weighted by Gasteiger charge is 2.10. The zero-order valence-corrected chi connectivity index (χ0v) is 14.5. The quantitative estimate of drug-likeness (QED) is 0.641. The summed E-state index contributed by atoms with van der Waals surface area (Å²) in [5.74, 6) is 0.572. The van der Waals surface area contributed by atoms with E-state index in [1.165, 1.54) is 16.7 Å². The van der Waals surface area contributed by atoms with E-state index in [1.807, 2.05) is 55.5 Å². The molecule has 3 rings (SSSR count). The number of rotatable bonds is 7. The minimum Gasteiger partial charge on any atom is -0.490 e. The lowest BCUT2D eigenvalue weighted by atomic mass is 10.2. The normalized spacial score (nSPS) is 10.4. The van der Waals surface area contributed by atoms with Gasteiger partial charge in [0.15, 0.2) is 5.69 Å². The molecule has 2 aromatic carbocycles. The number of carboxylic acids is 1. The van der Waals surface area contributed by atoms with Crippen LogP contribution < -0.4 is 9.47 Å². The molecular formula is C19H17NO4S. The SMILES string of the molecule is Cc1ccccc1OCCOc1ccc(-c2nc(C(=O)O)cs2)cc1. The molecule has 0 aliphatic rings. The molecule has 0 saturated heterocycles. The van der Waals surface area contributed by atoms with E-state index in [2.05, 4.69) is 4.98 Å². The Morgan fingerprint density at radius 2 is 1.80 bits per heavy atom. The van der Waals surface area contributed by atoms with Crippen molar-refractivity contribution in [2.75, 3.05) is 13.2 Å². The van der Waals surface area contributed by atoms with Crippen molar-refractivity contribution >= 4 is 17.3 Å². The summed E-state index contributed by atoms with van der Waals surface area (Å²) in [6.45, 7) is 2.90. The molecule has 25 heavy (non-hydrogen) atoms. The molecule has 0 amide bonds. The molecule has 0 fully saturated rings. The molecule has 6 heteroatoms. The van der Waals surface area contributed by atoms with E-state index in [9.17, 15) is 4.79 Å². The number of aryl methyl sites for hydroxylation is 1. The number of carboxylic acid groups (broad SMARTS) is 1. The van der Waals surface area contributed by atoms with Gasteiger partial charge in [0.2, 0.25) is 0 Å². The molecule has 1 aromatic heterocycles. The van der Waals surface area contributed by atoms with Gasteiger partial charge in [-0.3, -0.25) is 0 Å². The summed E-state index contributed by atoms with van der Waals surface area (Å²) in [6, 6.07) is 15.3. The summed E-state index contributed by atoms with van der Waals surface area (Å²) >= 11 is 1.30. The number of aromatic nitrogens is 1. The second kappa shape index (κ2) is 7.81. The average molecular weight is 355 g/mol. The smallest absolute Gasteiger partial charge is 0.355 e. The van der Waals surface area contributed by atoms with E-state index < -0.39 is 5.97 Å². The molecule has 128 valence electrons. The van der Waals surface area contributed by atoms with Gasteiger partial charge in [-0.05, 0) is 42.8 Å². The van der Waals surface area contributed by atoms with Gasteiger partial charge in [0.25, 0.3) is 0 Å². The summed E-state index contributed by atoms with van der Waals surface area (Å²) in [5.41, 5.74) is 2.02. The number of thiazole rings is 1. The van der Waals surface area contributed by atoms with E-state index in [0.29, 0.717) is 18.2 Å². The predicted molar refractivity (Wildman–Crippen MR) is 96.7 cm³/mol. The molecule has 1 N–H and O–H groups in total. The van der Waals surface area contributed by atoms with Crippen molar-refractivity contribution in [3.63, 3.8) is 0 Å². The zero-order chi connectivity index (χ0) is 17.6. The lowest BCUT2D eigenvalue weighted by molar-refractivity contribution is 0.0691. The molecular weight excluding hydrogens is 338 g/mol. The minimum atomic E-state index is -1.02. The van der Waals surface area contributed by atoms with Crippen LogP contribution in [0, 0.1) is 6.92 Å². The molecule has 0 aliphatic heterocycles. The van der Waals surface area contributed by atoms with Gasteiger partial charge in [0, 0.05) is 10.9 Å². The van der Waals surface area contributed by atoms with E-state index in [1.54, 1.807) is 0 Å². The highest BCUT2D eigenvalue weighted by molar-refractivity contribution is 7.13. The molecule has 0 aliphatic carbocycles. The van der Waals surface area contributed by atoms with Gasteiger partial charge in [-0.1, -0.05) is 18.2 Å². The van der Waals surface area contributed by atoms with E-state index >= 15 is 0 Å². The molecule has 0 bridgehead atoms. The second-order valence-corrected chi connectivity index (χ2v) is 6.19. The number of para-hydroxylation sites is 1. The molecule has 0 radical (unpaired) electrons. The van der Waals surface area contributed by atoms with Crippen LogP contribution in [-0.4, -0.2) is 29.3 Å². The summed E-state index contributed by atoms with van der Waals surface area (Å²) in [7, 11) is 0. The van der Waals surface area contributed by atoms with Crippen LogP contribution in [0.2, 0.25) is 0 Å². The molecule has 0 atom stereocenters. The number of nitrogens with zero attached hydrogens (tertiary/aromatic N) is 1. The third kappa shape index (κ3) is 4.36. The minimum absolute atomic E-state index is 0.0636. The fourth-order valence-electron chi connectivity index (χ4n) is 2.23. The third-order valence-corrected chi connectivity index (χ3v) is 4.42. The first kappa shape index (κ1) is 17.0. The van der Waals surface area contributed by atoms with Crippen LogP contribution in [0.25, 0.3) is 10.6 Å². The third-order valence-electron chi connectivity index (χ3n) is 3.53. The number of hydrogen-bond donors (Lipinski definition) is 1. The first-order valence-corrected chi connectivity index (χ1v) is 8.62. The maximum absolute atomic E-state index is 10.9. The lowest BCUT2D eigenvalue weighted by Gasteiger charge is -2.10. The van der Waals surface area contributed by atoms with E-state index in [4.69, 9.17) is 14.6 Å². The first-order chi connectivity index (χ1) is 12.1. The van der Waals surface area contributed by atoms with Crippen molar-refractivity contribution < 1.29 is 19.4 Å². The van der Waals surface area contributed by atoms with Gasteiger partial charge in [0.05, 0.1) is 0 Å². The maximum Gasteiger partial charge on any atom is 0.355 e. The average Bonchev–Trinajstić information content (AvgIpc) is 3.11. The van der Waals surface area contributed by atoms with Crippen molar-refractivity contribution in [2.45, 2.75) is 6.92 Å². The van der Waals surface area contributed by atoms with Gasteiger partial charge >= 0.3 is 5.97 Å². The van der Waals surface area contributed by atoms with Crippen molar-refractivity contribution in [1.82, 2.24) is 4.98 Å². The Bertz CT molecular complexity index is 858. The summed E-state index contributed by atoms with van der Waals surface area (Å²) in [4.78, 5) is 15.0. The number of carbonyl (C=O) groups is 1. The molecule has 5 nitrogen and oxygen atoms in total. The molecule has 1 heterocycles. The van der Waals surface area contributed by atoms with Gasteiger partial charge < -0.3 is 14.6 Å². The number of aromatic carboxylic acids is 1. The molecule has 0 unspecified atom stereocenters. The predicted octanol–water partition coefficient (Wildman–Crippen LogP) is 4.27. The highest BCUT2D eigenvalue weighted by atomic mass is 32.1. The highest BCUT2D eigenvalue weighted by Crippen LogP contribution is 2.25. The Hall–Kier alpha value is -2.86. The van der Waals surface area contributed by atoms with Crippen LogP contribution in [0.5, 0.6) is 11.5 Å². The Morgan fingerprint density at radius 1 is 1.08 bits per heavy atom. The lowest BCUT2D eigenvalue weighted by Crippen LogP contribution is -2.09. The van der Waals surface area contributed by atoms with Gasteiger partial charge in [-0.25, -0.2) is 9.78 Å². The number of benzene rings is 2. The van der Waals surface area contributed by atoms with Crippen molar-refractivity contribution in [1.29, 1.82) is 0 Å². The Labute approximate surface area is 149 Å². The van der Waals surface area contributed by atoms with Crippen LogP contribution in [-0.2, 0) is 0 Å². The molecule has 3 aromatic rings. The van der Waals surface area contributed by atoms with Crippen molar-refractivity contribution in [2.24, 2.45) is 0 Å². The topological polar surface area (TPSA) is 68.7 Å². The fourth-order valence-corrected chi connectivity index (χ4v) is 3.03. The largest absolute Gasteiger partial charge is 0.490 e. The van der Waals surface area contributed by atoms with Crippen LogP contribution in [0.4, 0.5) is 0 Å². The second-order valence-electron chi connectivity index (χ2n) is 5.33. The van der Waals surface area contributed by atoms with Gasteiger partial charge in [-0.15, -0.1) is 11.3 Å². The number of hydrogen-bond acceptors (Lipinski definition) is 5. The van der Waals surface area contributed by atoms with Gasteiger partial charge in [0.1, 0.15) is 29.7 Å². The maximum atomic E-state index is 10.9. The Kier molecular flexibility index (Phi) is 5.30. The molecule has 0 saturated carbocycles. The zero-order valence-electron chi connectivity index (χ0n) is 13.6. The van der Waals surface area contributed by atoms with Crippen LogP contribution >= 0.6 is 11.3 Å².